The van der Waals surface area contributed by atoms with E-state index in [4.69, 9.17) is 10.2 Å². The Morgan fingerprint density at radius 3 is 1.67 bits per heavy atom. The second-order valence-corrected chi connectivity index (χ2v) is 2.80. The van der Waals surface area contributed by atoms with Gasteiger partial charge in [0.15, 0.2) is 0 Å². The van der Waals surface area contributed by atoms with Crippen molar-refractivity contribution >= 4 is 0 Å². The Morgan fingerprint density at radius 2 is 1.56 bits per heavy atom. The Kier molecular flexibility index (Phi) is 3.82. The van der Waals surface area contributed by atoms with Gasteiger partial charge in [-0.3, -0.25) is 0 Å². The van der Waals surface area contributed by atoms with Gasteiger partial charge >= 0.3 is 0 Å². The summed E-state index contributed by atoms with van der Waals surface area (Å²) in [7, 11) is 0. The Balaban J connectivity index is 3.38. The highest BCUT2D eigenvalue weighted by Gasteiger charge is 2.10. The second-order valence-electron chi connectivity index (χ2n) is 2.80. The van der Waals surface area contributed by atoms with Crippen LogP contribution in [-0.2, 0) is 0 Å². The maximum absolute atomic E-state index is 8.96. The summed E-state index contributed by atoms with van der Waals surface area (Å²) in [5.74, 6) is 0.199. The smallest absolute Gasteiger partial charge is 0.0538 e. The van der Waals surface area contributed by atoms with E-state index >= 15 is 0 Å². The second kappa shape index (κ2) is 3.85. The van der Waals surface area contributed by atoms with Crippen LogP contribution in [0.2, 0.25) is 0 Å². The predicted molar refractivity (Wildman–Crippen MR) is 37.1 cm³/mol. The molecule has 0 aliphatic rings. The fraction of sp³-hybridized carbons (Fsp3) is 1.00. The molecule has 1 unspecified atom stereocenters. The summed E-state index contributed by atoms with van der Waals surface area (Å²) in [6.07, 6.45) is 0.0756. The van der Waals surface area contributed by atoms with Crippen LogP contribution in [0.3, 0.4) is 0 Å². The van der Waals surface area contributed by atoms with E-state index in [-0.39, 0.29) is 18.1 Å². The molecule has 0 rings (SSSR count). The van der Waals surface area contributed by atoms with E-state index in [1.54, 1.807) is 13.8 Å². The SMILES string of the molecule is CC(C[C@@H](C)O)[C@@H](C)O. The highest BCUT2D eigenvalue weighted by Crippen LogP contribution is 2.09. The Labute approximate surface area is 56.5 Å². The molecule has 0 spiro atoms. The van der Waals surface area contributed by atoms with Gasteiger partial charge in [-0.25, -0.2) is 0 Å². The molecule has 2 nitrogen and oxygen atoms in total. The molecule has 3 atom stereocenters. The standard InChI is InChI=1S/C7H16O2/c1-5(7(3)9)4-6(2)8/h5-9H,4H2,1-3H3/t5?,6-,7-/m1/s1. The van der Waals surface area contributed by atoms with Crippen molar-refractivity contribution in [3.05, 3.63) is 0 Å². The van der Waals surface area contributed by atoms with Gasteiger partial charge in [0.25, 0.3) is 0 Å². The molecular formula is C7H16O2. The van der Waals surface area contributed by atoms with Crippen LogP contribution >= 0.6 is 0 Å². The molecule has 0 heterocycles. The van der Waals surface area contributed by atoms with E-state index in [0.29, 0.717) is 6.42 Å². The van der Waals surface area contributed by atoms with E-state index in [1.165, 1.54) is 0 Å². The molecule has 0 fully saturated rings. The van der Waals surface area contributed by atoms with Crippen molar-refractivity contribution in [2.45, 2.75) is 39.4 Å². The van der Waals surface area contributed by atoms with E-state index in [2.05, 4.69) is 0 Å². The third kappa shape index (κ3) is 4.43. The Morgan fingerprint density at radius 1 is 1.11 bits per heavy atom. The molecule has 0 aromatic carbocycles. The largest absolute Gasteiger partial charge is 0.393 e. The fourth-order valence-electron chi connectivity index (χ4n) is 0.735. The van der Waals surface area contributed by atoms with Crippen LogP contribution in [0.25, 0.3) is 0 Å². The lowest BCUT2D eigenvalue weighted by atomic mass is 10.00. The predicted octanol–water partition coefficient (Wildman–Crippen LogP) is 0.774. The van der Waals surface area contributed by atoms with Gasteiger partial charge in [0.1, 0.15) is 0 Å². The van der Waals surface area contributed by atoms with Crippen LogP contribution < -0.4 is 0 Å². The maximum atomic E-state index is 8.96. The lowest BCUT2D eigenvalue weighted by Gasteiger charge is -2.15. The van der Waals surface area contributed by atoms with Gasteiger partial charge in [-0.1, -0.05) is 6.92 Å². The van der Waals surface area contributed by atoms with E-state index in [1.807, 2.05) is 6.92 Å². The van der Waals surface area contributed by atoms with Crippen LogP contribution in [0, 0.1) is 5.92 Å². The third-order valence-corrected chi connectivity index (χ3v) is 1.54. The summed E-state index contributed by atoms with van der Waals surface area (Å²) in [6.45, 7) is 5.41. The first-order valence-corrected chi connectivity index (χ1v) is 3.40. The van der Waals surface area contributed by atoms with E-state index in [9.17, 15) is 0 Å². The van der Waals surface area contributed by atoms with Gasteiger partial charge in [-0.15, -0.1) is 0 Å². The van der Waals surface area contributed by atoms with Crippen LogP contribution in [0.5, 0.6) is 0 Å². The van der Waals surface area contributed by atoms with Gasteiger partial charge in [0.05, 0.1) is 12.2 Å². The highest BCUT2D eigenvalue weighted by molar-refractivity contribution is 4.61. The molecule has 0 aliphatic carbocycles. The first kappa shape index (κ1) is 8.92. The van der Waals surface area contributed by atoms with Crippen molar-refractivity contribution in [1.82, 2.24) is 0 Å². The molecule has 0 bridgehead atoms. The lowest BCUT2D eigenvalue weighted by molar-refractivity contribution is 0.0876. The first-order chi connectivity index (χ1) is 4.04. The fourth-order valence-corrected chi connectivity index (χ4v) is 0.735. The number of hydrogen-bond acceptors (Lipinski definition) is 2. The summed E-state index contributed by atoms with van der Waals surface area (Å²) in [5, 5.41) is 17.8. The molecular weight excluding hydrogens is 116 g/mol. The maximum Gasteiger partial charge on any atom is 0.0538 e. The van der Waals surface area contributed by atoms with Crippen molar-refractivity contribution < 1.29 is 10.2 Å². The van der Waals surface area contributed by atoms with Crippen molar-refractivity contribution in [3.8, 4) is 0 Å². The molecule has 2 N–H and O–H groups in total. The van der Waals surface area contributed by atoms with Crippen LogP contribution in [-0.4, -0.2) is 22.4 Å². The molecule has 9 heavy (non-hydrogen) atoms. The summed E-state index contributed by atoms with van der Waals surface area (Å²) < 4.78 is 0. The van der Waals surface area contributed by atoms with Crippen molar-refractivity contribution in [1.29, 1.82) is 0 Å². The average molecular weight is 132 g/mol. The minimum atomic E-state index is -0.306. The zero-order chi connectivity index (χ0) is 7.44. The summed E-state index contributed by atoms with van der Waals surface area (Å²) in [4.78, 5) is 0. The molecule has 56 valence electrons. The molecule has 0 saturated carbocycles. The first-order valence-electron chi connectivity index (χ1n) is 3.40. The van der Waals surface area contributed by atoms with E-state index < -0.39 is 0 Å². The molecule has 0 aliphatic heterocycles. The van der Waals surface area contributed by atoms with Gasteiger partial charge in [0, 0.05) is 0 Å². The number of rotatable bonds is 3. The molecule has 0 aromatic rings. The Hall–Kier alpha value is -0.0800. The number of aliphatic hydroxyl groups is 2. The number of hydrogen-bond donors (Lipinski definition) is 2. The van der Waals surface area contributed by atoms with Gasteiger partial charge < -0.3 is 10.2 Å². The topological polar surface area (TPSA) is 40.5 Å². The van der Waals surface area contributed by atoms with Crippen LogP contribution in [0.1, 0.15) is 27.2 Å². The van der Waals surface area contributed by atoms with Gasteiger partial charge in [-0.2, -0.15) is 0 Å². The number of aliphatic hydroxyl groups excluding tert-OH is 2. The summed E-state index contributed by atoms with van der Waals surface area (Å²) in [5.41, 5.74) is 0. The molecule has 2 heteroatoms. The summed E-state index contributed by atoms with van der Waals surface area (Å²) in [6, 6.07) is 0. The molecule has 0 amide bonds. The minimum absolute atomic E-state index is 0.199. The average Bonchev–Trinajstić information content (AvgIpc) is 1.63. The zero-order valence-electron chi connectivity index (χ0n) is 6.33. The zero-order valence-corrected chi connectivity index (χ0v) is 6.33. The lowest BCUT2D eigenvalue weighted by Crippen LogP contribution is -2.17. The minimum Gasteiger partial charge on any atom is -0.393 e. The van der Waals surface area contributed by atoms with Gasteiger partial charge in [0.2, 0.25) is 0 Å². The van der Waals surface area contributed by atoms with E-state index in [0.717, 1.165) is 0 Å². The van der Waals surface area contributed by atoms with Crippen LogP contribution in [0.15, 0.2) is 0 Å². The van der Waals surface area contributed by atoms with Crippen LogP contribution in [0.4, 0.5) is 0 Å². The molecule has 0 saturated heterocycles. The third-order valence-electron chi connectivity index (χ3n) is 1.54. The highest BCUT2D eigenvalue weighted by atomic mass is 16.3. The van der Waals surface area contributed by atoms with Gasteiger partial charge in [-0.05, 0) is 26.2 Å². The Bertz CT molecular complexity index is 69.3. The molecule has 0 radical (unpaired) electrons. The normalized spacial score (nSPS) is 21.0. The summed E-state index contributed by atoms with van der Waals surface area (Å²) >= 11 is 0. The molecule has 0 aromatic heterocycles. The van der Waals surface area contributed by atoms with Crippen molar-refractivity contribution in [2.75, 3.05) is 0 Å². The van der Waals surface area contributed by atoms with Crippen molar-refractivity contribution in [3.63, 3.8) is 0 Å². The monoisotopic (exact) mass is 132 g/mol. The quantitative estimate of drug-likeness (QED) is 0.595. The van der Waals surface area contributed by atoms with Crippen molar-refractivity contribution in [2.24, 2.45) is 5.92 Å².